The normalized spacial score (nSPS) is 13.7. The van der Waals surface area contributed by atoms with E-state index in [0.29, 0.717) is 54.2 Å². The van der Waals surface area contributed by atoms with Crippen molar-refractivity contribution >= 4 is 58.2 Å². The van der Waals surface area contributed by atoms with Gasteiger partial charge in [0.15, 0.2) is 5.82 Å². The Morgan fingerprint density at radius 2 is 1.73 bits per heavy atom. The molecule has 3 N–H and O–H groups in total. The lowest BCUT2D eigenvalue weighted by molar-refractivity contribution is -0.141. The highest BCUT2D eigenvalue weighted by Gasteiger charge is 2.28. The number of nitrogens with zero attached hydrogens (tertiary/aromatic N) is 5. The zero-order valence-corrected chi connectivity index (χ0v) is 24.0. The van der Waals surface area contributed by atoms with Gasteiger partial charge in [-0.1, -0.05) is 30.3 Å². The number of carbonyl (C=O) groups excluding carboxylic acids is 3. The Balaban J connectivity index is 1.37. The van der Waals surface area contributed by atoms with Crippen molar-refractivity contribution in [2.24, 2.45) is 0 Å². The molecular weight excluding hydrogens is 544 g/mol. The third kappa shape index (κ3) is 6.93. The summed E-state index contributed by atoms with van der Waals surface area (Å²) < 4.78 is 0. The second-order valence-corrected chi connectivity index (χ2v) is 9.86. The minimum Gasteiger partial charge on any atom is -0.368 e. The van der Waals surface area contributed by atoms with E-state index < -0.39 is 6.04 Å². The van der Waals surface area contributed by atoms with Gasteiger partial charge in [-0.05, 0) is 49.4 Å². The van der Waals surface area contributed by atoms with Crippen molar-refractivity contribution < 1.29 is 14.4 Å². The van der Waals surface area contributed by atoms with Crippen LogP contribution >= 0.6 is 11.6 Å². The van der Waals surface area contributed by atoms with Crippen LogP contribution in [0.15, 0.2) is 67.4 Å². The van der Waals surface area contributed by atoms with Crippen LogP contribution < -0.4 is 20.9 Å². The van der Waals surface area contributed by atoms with Crippen molar-refractivity contribution in [2.45, 2.75) is 13.0 Å². The van der Waals surface area contributed by atoms with Gasteiger partial charge in [-0.25, -0.2) is 4.98 Å². The topological polar surface area (TPSA) is 123 Å². The number of likely N-dealkylation sites (N-methyl/N-ethyl adjacent to an activating group) is 1. The number of para-hydroxylation sites is 1. The number of benzene rings is 2. The highest BCUT2D eigenvalue weighted by molar-refractivity contribution is 6.33. The van der Waals surface area contributed by atoms with E-state index in [1.165, 1.54) is 17.2 Å². The first-order valence-electron chi connectivity index (χ1n) is 13.1. The minimum atomic E-state index is -0.547. The summed E-state index contributed by atoms with van der Waals surface area (Å²) in [6.07, 6.45) is 2.70. The van der Waals surface area contributed by atoms with E-state index in [1.54, 1.807) is 44.1 Å². The van der Waals surface area contributed by atoms with Gasteiger partial charge in [-0.2, -0.15) is 4.98 Å². The van der Waals surface area contributed by atoms with Crippen molar-refractivity contribution in [3.05, 3.63) is 78.0 Å². The van der Waals surface area contributed by atoms with Crippen LogP contribution in [0.25, 0.3) is 0 Å². The number of anilines is 5. The molecule has 3 amide bonds. The van der Waals surface area contributed by atoms with Crippen LogP contribution in [-0.2, 0) is 9.59 Å². The lowest BCUT2D eigenvalue weighted by atomic mass is 10.1. The zero-order chi connectivity index (χ0) is 29.5. The van der Waals surface area contributed by atoms with Gasteiger partial charge in [0, 0.05) is 51.6 Å². The number of carbonyl (C=O) groups is 3. The van der Waals surface area contributed by atoms with Crippen molar-refractivity contribution in [2.75, 3.05) is 55.8 Å². The van der Waals surface area contributed by atoms with Crippen molar-refractivity contribution in [1.29, 1.82) is 0 Å². The number of halogens is 1. The third-order valence-corrected chi connectivity index (χ3v) is 7.21. The quantitative estimate of drug-likeness (QED) is 0.330. The molecule has 0 unspecified atom stereocenters. The summed E-state index contributed by atoms with van der Waals surface area (Å²) in [5, 5.41) is 9.24. The maximum absolute atomic E-state index is 12.9. The first kappa shape index (κ1) is 29.3. The number of aromatic nitrogens is 2. The summed E-state index contributed by atoms with van der Waals surface area (Å²) >= 11 is 6.34. The SMILES string of the molecule is C=CC(=O)N(C)[C@@H](C)C(=O)N1CCN(c2ccc(Nc3ncc(Cl)c(Nc4ccccc4C(=O)NC)n3)cc2)CC1. The summed E-state index contributed by atoms with van der Waals surface area (Å²) in [7, 11) is 3.18. The van der Waals surface area contributed by atoms with Gasteiger partial charge >= 0.3 is 0 Å². The number of amides is 3. The maximum Gasteiger partial charge on any atom is 0.253 e. The summed E-state index contributed by atoms with van der Waals surface area (Å²) in [4.78, 5) is 51.1. The highest BCUT2D eigenvalue weighted by Crippen LogP contribution is 2.27. The van der Waals surface area contributed by atoms with E-state index in [1.807, 2.05) is 30.3 Å². The van der Waals surface area contributed by atoms with Crippen LogP contribution in [0, 0.1) is 0 Å². The molecule has 12 heteroatoms. The van der Waals surface area contributed by atoms with Gasteiger partial charge in [0.05, 0.1) is 17.4 Å². The molecule has 4 rings (SSSR count). The first-order chi connectivity index (χ1) is 19.7. The predicted octanol–water partition coefficient (Wildman–Crippen LogP) is 3.66. The lowest BCUT2D eigenvalue weighted by Crippen LogP contribution is -2.54. The lowest BCUT2D eigenvalue weighted by Gasteiger charge is -2.38. The Labute approximate surface area is 244 Å². The van der Waals surface area contributed by atoms with Crippen LogP contribution in [-0.4, -0.2) is 83.8 Å². The average molecular weight is 577 g/mol. The van der Waals surface area contributed by atoms with E-state index in [0.717, 1.165) is 11.4 Å². The smallest absolute Gasteiger partial charge is 0.253 e. The number of nitrogens with one attached hydrogen (secondary N) is 3. The van der Waals surface area contributed by atoms with E-state index in [4.69, 9.17) is 11.6 Å². The molecule has 1 aliphatic heterocycles. The second-order valence-electron chi connectivity index (χ2n) is 9.45. The van der Waals surface area contributed by atoms with Gasteiger partial charge in [-0.15, -0.1) is 0 Å². The third-order valence-electron chi connectivity index (χ3n) is 6.94. The van der Waals surface area contributed by atoms with Crippen LogP contribution in [0.1, 0.15) is 17.3 Å². The largest absolute Gasteiger partial charge is 0.368 e. The standard InChI is InChI=1S/C29H33ClN8O3/c1-5-25(39)36(4)19(2)28(41)38-16-14-37(15-17-38)21-12-10-20(11-13-21)33-29-32-18-23(30)26(35-29)34-24-9-7-6-8-22(24)27(40)31-3/h5-13,18-19H,1,14-17H2,2-4H3,(H,31,40)(H2,32,33,34,35)/t19-/m0/s1. The Kier molecular flexibility index (Phi) is 9.41. The minimum absolute atomic E-state index is 0.0733. The molecule has 0 saturated carbocycles. The molecule has 3 aromatic rings. The molecular formula is C29H33ClN8O3. The number of hydrogen-bond donors (Lipinski definition) is 3. The highest BCUT2D eigenvalue weighted by atomic mass is 35.5. The Bertz CT molecular complexity index is 1420. The summed E-state index contributed by atoms with van der Waals surface area (Å²) in [5.74, 6) is 0.117. The van der Waals surface area contributed by atoms with E-state index in [9.17, 15) is 14.4 Å². The van der Waals surface area contributed by atoms with Crippen LogP contribution in [0.3, 0.4) is 0 Å². The zero-order valence-electron chi connectivity index (χ0n) is 23.2. The van der Waals surface area contributed by atoms with Crippen LogP contribution in [0.2, 0.25) is 5.02 Å². The fraction of sp³-hybridized carbons (Fsp3) is 0.276. The fourth-order valence-electron chi connectivity index (χ4n) is 4.40. The number of piperazine rings is 1. The molecule has 0 spiro atoms. The molecule has 1 fully saturated rings. The molecule has 41 heavy (non-hydrogen) atoms. The molecule has 1 aromatic heterocycles. The van der Waals surface area contributed by atoms with E-state index >= 15 is 0 Å². The van der Waals surface area contributed by atoms with E-state index in [-0.39, 0.29) is 17.7 Å². The first-order valence-corrected chi connectivity index (χ1v) is 13.5. The second kappa shape index (κ2) is 13.1. The average Bonchev–Trinajstić information content (AvgIpc) is 3.01. The van der Waals surface area contributed by atoms with Gasteiger partial charge < -0.3 is 30.7 Å². The molecule has 2 aromatic carbocycles. The molecule has 1 atom stereocenters. The van der Waals surface area contributed by atoms with Crippen LogP contribution in [0.5, 0.6) is 0 Å². The van der Waals surface area contributed by atoms with Crippen molar-refractivity contribution in [3.63, 3.8) is 0 Å². The number of hydrogen-bond acceptors (Lipinski definition) is 8. The Morgan fingerprint density at radius 3 is 2.39 bits per heavy atom. The maximum atomic E-state index is 12.9. The van der Waals surface area contributed by atoms with Gasteiger partial charge in [0.2, 0.25) is 17.8 Å². The Hall–Kier alpha value is -4.64. The monoisotopic (exact) mass is 576 g/mol. The molecule has 0 aliphatic carbocycles. The summed E-state index contributed by atoms with van der Waals surface area (Å²) in [6.45, 7) is 7.71. The van der Waals surface area contributed by atoms with Crippen molar-refractivity contribution in [1.82, 2.24) is 25.1 Å². The van der Waals surface area contributed by atoms with Gasteiger partial charge in [0.1, 0.15) is 11.1 Å². The van der Waals surface area contributed by atoms with Crippen molar-refractivity contribution in [3.8, 4) is 0 Å². The molecule has 11 nitrogen and oxygen atoms in total. The predicted molar refractivity (Wildman–Crippen MR) is 161 cm³/mol. The summed E-state index contributed by atoms with van der Waals surface area (Å²) in [6, 6.07) is 14.4. The molecule has 2 heterocycles. The molecule has 0 bridgehead atoms. The van der Waals surface area contributed by atoms with E-state index in [2.05, 4.69) is 37.4 Å². The molecule has 1 saturated heterocycles. The fourth-order valence-corrected chi connectivity index (χ4v) is 4.54. The molecule has 214 valence electrons. The summed E-state index contributed by atoms with van der Waals surface area (Å²) in [5.41, 5.74) is 2.84. The molecule has 1 aliphatic rings. The number of rotatable bonds is 9. The van der Waals surface area contributed by atoms with Gasteiger partial charge in [0.25, 0.3) is 5.91 Å². The Morgan fingerprint density at radius 1 is 1.05 bits per heavy atom. The van der Waals surface area contributed by atoms with Gasteiger partial charge in [-0.3, -0.25) is 14.4 Å². The van der Waals surface area contributed by atoms with Crippen LogP contribution in [0.4, 0.5) is 28.8 Å². The molecule has 0 radical (unpaired) electrons.